The summed E-state index contributed by atoms with van der Waals surface area (Å²) in [6.45, 7) is 7.31. The zero-order valence-electron chi connectivity index (χ0n) is 29.4. The number of hydrogen-bond donors (Lipinski definition) is 3. The summed E-state index contributed by atoms with van der Waals surface area (Å²) in [5.41, 5.74) is 0. The average molecular weight is 614 g/mol. The van der Waals surface area contributed by atoms with Crippen molar-refractivity contribution < 1.29 is 20.1 Å². The SMILES string of the molecule is CCCCCCCCCCCC(=O)O.CCCCCCCCCCCCCCCCCCCCCCN(CCO)CCO. The standard InChI is InChI=1S/C26H55NO2.C12H24O2/c1-2-3-4-5-6-7-8-9-10-11-12-13-14-15-16-17-18-19-20-21-22-27(23-25-28)24-26-29;1-2-3-4-5-6-7-8-9-10-11-12(13)14/h28-29H,2-26H2,1H3;2-11H2,1H3,(H,13,14). The molecule has 0 aliphatic carbocycles. The Labute approximate surface area is 270 Å². The van der Waals surface area contributed by atoms with Gasteiger partial charge in [-0.15, -0.1) is 0 Å². The first-order valence-corrected chi connectivity index (χ1v) is 19.3. The van der Waals surface area contributed by atoms with Gasteiger partial charge in [0.05, 0.1) is 13.2 Å². The summed E-state index contributed by atoms with van der Waals surface area (Å²) in [5.74, 6) is -0.659. The van der Waals surface area contributed by atoms with Gasteiger partial charge in [-0.25, -0.2) is 0 Å². The van der Waals surface area contributed by atoms with Crippen LogP contribution < -0.4 is 0 Å². The fraction of sp³-hybridized carbons (Fsp3) is 0.974. The van der Waals surface area contributed by atoms with Gasteiger partial charge in [0, 0.05) is 19.5 Å². The van der Waals surface area contributed by atoms with Gasteiger partial charge in [-0.3, -0.25) is 9.69 Å². The molecule has 0 saturated heterocycles. The number of unbranched alkanes of at least 4 members (excludes halogenated alkanes) is 27. The molecule has 0 spiro atoms. The minimum Gasteiger partial charge on any atom is -0.481 e. The summed E-state index contributed by atoms with van der Waals surface area (Å²) in [5, 5.41) is 26.4. The zero-order chi connectivity index (χ0) is 31.9. The topological polar surface area (TPSA) is 81.0 Å². The van der Waals surface area contributed by atoms with Crippen LogP contribution >= 0.6 is 0 Å². The molecule has 0 saturated carbocycles. The number of nitrogens with zero attached hydrogens (tertiary/aromatic N) is 1. The molecule has 0 aromatic rings. The van der Waals surface area contributed by atoms with E-state index in [1.807, 2.05) is 0 Å². The highest BCUT2D eigenvalue weighted by Crippen LogP contribution is 2.15. The molecule has 0 fully saturated rings. The molecule has 0 unspecified atom stereocenters. The van der Waals surface area contributed by atoms with Crippen LogP contribution in [0.4, 0.5) is 0 Å². The number of hydrogen-bond acceptors (Lipinski definition) is 4. The van der Waals surface area contributed by atoms with E-state index in [0.717, 1.165) is 19.4 Å². The highest BCUT2D eigenvalue weighted by atomic mass is 16.4. The highest BCUT2D eigenvalue weighted by molar-refractivity contribution is 5.66. The molecule has 0 aliphatic heterocycles. The Balaban J connectivity index is 0. The maximum absolute atomic E-state index is 10.2. The van der Waals surface area contributed by atoms with E-state index in [0.29, 0.717) is 19.5 Å². The second kappa shape index (κ2) is 41.4. The summed E-state index contributed by atoms with van der Waals surface area (Å²) in [6.07, 6.45) is 39.7. The lowest BCUT2D eigenvalue weighted by molar-refractivity contribution is -0.137. The molecule has 0 radical (unpaired) electrons. The molecule has 0 bridgehead atoms. The van der Waals surface area contributed by atoms with E-state index in [4.69, 9.17) is 15.3 Å². The predicted octanol–water partition coefficient (Wildman–Crippen LogP) is 11.1. The van der Waals surface area contributed by atoms with Crippen LogP contribution in [0.15, 0.2) is 0 Å². The van der Waals surface area contributed by atoms with Crippen molar-refractivity contribution in [1.82, 2.24) is 4.90 Å². The van der Waals surface area contributed by atoms with Gasteiger partial charge in [0.1, 0.15) is 0 Å². The smallest absolute Gasteiger partial charge is 0.303 e. The van der Waals surface area contributed by atoms with Gasteiger partial charge >= 0.3 is 5.97 Å². The van der Waals surface area contributed by atoms with Gasteiger partial charge in [0.15, 0.2) is 0 Å². The molecule has 0 aromatic heterocycles. The van der Waals surface area contributed by atoms with Crippen LogP contribution in [0.3, 0.4) is 0 Å². The average Bonchev–Trinajstić information content (AvgIpc) is 2.99. The lowest BCUT2D eigenvalue weighted by atomic mass is 10.0. The van der Waals surface area contributed by atoms with E-state index < -0.39 is 5.97 Å². The van der Waals surface area contributed by atoms with Crippen molar-refractivity contribution in [2.75, 3.05) is 32.8 Å². The molecule has 5 heteroatoms. The van der Waals surface area contributed by atoms with Crippen LogP contribution in [0.25, 0.3) is 0 Å². The minimum atomic E-state index is -0.659. The second-order valence-corrected chi connectivity index (χ2v) is 13.0. The van der Waals surface area contributed by atoms with E-state index in [2.05, 4.69) is 18.7 Å². The van der Waals surface area contributed by atoms with E-state index in [-0.39, 0.29) is 13.2 Å². The molecule has 0 aliphatic rings. The third kappa shape index (κ3) is 43.5. The molecule has 0 aromatic carbocycles. The zero-order valence-corrected chi connectivity index (χ0v) is 29.4. The van der Waals surface area contributed by atoms with Crippen LogP contribution in [-0.4, -0.2) is 59.0 Å². The largest absolute Gasteiger partial charge is 0.481 e. The van der Waals surface area contributed by atoms with Crippen molar-refractivity contribution in [3.8, 4) is 0 Å². The van der Waals surface area contributed by atoms with E-state index in [1.165, 1.54) is 173 Å². The van der Waals surface area contributed by atoms with Crippen molar-refractivity contribution in [3.05, 3.63) is 0 Å². The predicted molar refractivity (Wildman–Crippen MR) is 188 cm³/mol. The minimum absolute atomic E-state index is 0.194. The highest BCUT2D eigenvalue weighted by Gasteiger charge is 2.03. The van der Waals surface area contributed by atoms with Gasteiger partial charge in [-0.05, 0) is 19.4 Å². The van der Waals surface area contributed by atoms with Crippen molar-refractivity contribution in [2.24, 2.45) is 0 Å². The van der Waals surface area contributed by atoms with E-state index >= 15 is 0 Å². The molecular weight excluding hydrogens is 534 g/mol. The van der Waals surface area contributed by atoms with Gasteiger partial charge < -0.3 is 15.3 Å². The van der Waals surface area contributed by atoms with Crippen LogP contribution in [0.1, 0.15) is 206 Å². The molecule has 0 amide bonds. The quantitative estimate of drug-likeness (QED) is 0.0619. The molecule has 0 rings (SSSR count). The van der Waals surface area contributed by atoms with E-state index in [9.17, 15) is 4.79 Å². The van der Waals surface area contributed by atoms with Crippen LogP contribution in [0.2, 0.25) is 0 Å². The Hall–Kier alpha value is -0.650. The van der Waals surface area contributed by atoms with Crippen molar-refractivity contribution in [1.29, 1.82) is 0 Å². The monoisotopic (exact) mass is 614 g/mol. The Bertz CT molecular complexity index is 496. The number of aliphatic hydroxyl groups is 2. The lowest BCUT2D eigenvalue weighted by Crippen LogP contribution is -2.30. The number of carboxylic acid groups (broad SMARTS) is 1. The number of carbonyl (C=O) groups is 1. The Morgan fingerprint density at radius 3 is 0.907 bits per heavy atom. The van der Waals surface area contributed by atoms with Crippen LogP contribution in [-0.2, 0) is 4.79 Å². The number of rotatable bonds is 35. The van der Waals surface area contributed by atoms with Crippen molar-refractivity contribution in [3.63, 3.8) is 0 Å². The summed E-state index contributed by atoms with van der Waals surface area (Å²) in [6, 6.07) is 0. The molecular formula is C38H79NO4. The summed E-state index contributed by atoms with van der Waals surface area (Å²) >= 11 is 0. The number of aliphatic carboxylic acids is 1. The van der Waals surface area contributed by atoms with E-state index in [1.54, 1.807) is 0 Å². The molecule has 5 nitrogen and oxygen atoms in total. The fourth-order valence-corrected chi connectivity index (χ4v) is 5.80. The van der Waals surface area contributed by atoms with Crippen LogP contribution in [0.5, 0.6) is 0 Å². The van der Waals surface area contributed by atoms with Crippen molar-refractivity contribution in [2.45, 2.75) is 206 Å². The molecule has 43 heavy (non-hydrogen) atoms. The molecule has 0 heterocycles. The first kappa shape index (κ1) is 44.5. The second-order valence-electron chi connectivity index (χ2n) is 13.0. The van der Waals surface area contributed by atoms with Gasteiger partial charge in [0.25, 0.3) is 0 Å². The maximum Gasteiger partial charge on any atom is 0.303 e. The molecule has 260 valence electrons. The third-order valence-corrected chi connectivity index (χ3v) is 8.65. The molecule has 3 N–H and O–H groups in total. The lowest BCUT2D eigenvalue weighted by Gasteiger charge is -2.19. The summed E-state index contributed by atoms with van der Waals surface area (Å²) in [7, 11) is 0. The first-order chi connectivity index (χ1) is 21.1. The summed E-state index contributed by atoms with van der Waals surface area (Å²) < 4.78 is 0. The fourth-order valence-electron chi connectivity index (χ4n) is 5.80. The Morgan fingerprint density at radius 2 is 0.651 bits per heavy atom. The van der Waals surface area contributed by atoms with Crippen molar-refractivity contribution >= 4 is 5.97 Å². The molecule has 0 atom stereocenters. The normalized spacial score (nSPS) is 11.2. The summed E-state index contributed by atoms with van der Waals surface area (Å²) in [4.78, 5) is 12.4. The number of aliphatic hydroxyl groups excluding tert-OH is 2. The maximum atomic E-state index is 10.2. The Kier molecular flexibility index (Phi) is 42.8. The first-order valence-electron chi connectivity index (χ1n) is 19.3. The number of carboxylic acids is 1. The van der Waals surface area contributed by atoms with Crippen LogP contribution in [0, 0.1) is 0 Å². The van der Waals surface area contributed by atoms with Gasteiger partial charge in [0.2, 0.25) is 0 Å². The van der Waals surface area contributed by atoms with Gasteiger partial charge in [-0.1, -0.05) is 187 Å². The van der Waals surface area contributed by atoms with Gasteiger partial charge in [-0.2, -0.15) is 0 Å². The Morgan fingerprint density at radius 1 is 0.395 bits per heavy atom. The third-order valence-electron chi connectivity index (χ3n) is 8.65.